The molecule has 1 aliphatic rings. The third-order valence-electron chi connectivity index (χ3n) is 11.3. The Bertz CT molecular complexity index is 2520. The molecule has 7 aromatic carbocycles. The highest BCUT2D eigenvalue weighted by Crippen LogP contribution is 2.56. The number of nitrogens with zero attached hydrogens (tertiary/aromatic N) is 1. The molecule has 0 fully saturated rings. The van der Waals surface area contributed by atoms with E-state index in [0.717, 1.165) is 22.6 Å². The second-order valence-corrected chi connectivity index (χ2v) is 21.1. The smallest absolute Gasteiger partial charge is 0.0775 e. The largest absolute Gasteiger partial charge is 0.310 e. The van der Waals surface area contributed by atoms with Crippen molar-refractivity contribution >= 4 is 35.9 Å². The maximum absolute atomic E-state index is 4.25. The normalized spacial score (nSPS) is 13.5. The van der Waals surface area contributed by atoms with Crippen LogP contribution in [0, 0.1) is 0 Å². The van der Waals surface area contributed by atoms with Crippen LogP contribution in [0.25, 0.3) is 27.8 Å². The summed E-state index contributed by atoms with van der Waals surface area (Å²) in [6.45, 7) is 15.8. The Balaban J connectivity index is 1.36. The standard InChI is InChI=1S/C54H49NSi/c1-39(2)26-37-51-40(3)49-36-33-47(38-52(49)54(51,44-20-12-8-13-21-44)45-22-14-9-15-23-45)55(53-25-17-16-24-50(53)43-18-10-7-11-19-43)46-31-27-41(28-32-46)42-29-34-48(35-30-42)56(4,5)6/h7-38H,1H2,2-6H3. The molecule has 0 atom stereocenters. The number of para-hydroxylation sites is 1. The van der Waals surface area contributed by atoms with Crippen LogP contribution in [-0.2, 0) is 5.41 Å². The van der Waals surface area contributed by atoms with Crippen molar-refractivity contribution in [3.8, 4) is 22.3 Å². The minimum Gasteiger partial charge on any atom is -0.310 e. The molecule has 0 heterocycles. The van der Waals surface area contributed by atoms with Crippen LogP contribution in [0.1, 0.15) is 36.1 Å². The van der Waals surface area contributed by atoms with E-state index in [1.807, 2.05) is 0 Å². The maximum atomic E-state index is 4.25. The molecule has 2 heteroatoms. The average molecular weight is 740 g/mol. The zero-order valence-corrected chi connectivity index (χ0v) is 34.1. The molecule has 0 aliphatic heterocycles. The molecule has 274 valence electrons. The monoisotopic (exact) mass is 739 g/mol. The molecule has 7 aromatic rings. The van der Waals surface area contributed by atoms with Crippen LogP contribution in [-0.4, -0.2) is 8.07 Å². The van der Waals surface area contributed by atoms with Gasteiger partial charge in [-0.2, -0.15) is 0 Å². The molecule has 0 bridgehead atoms. The quantitative estimate of drug-likeness (QED) is 0.0997. The molecule has 8 rings (SSSR count). The Morgan fingerprint density at radius 3 is 1.64 bits per heavy atom. The fraction of sp³-hybridized carbons (Fsp3) is 0.111. The average Bonchev–Trinajstić information content (AvgIpc) is 3.48. The van der Waals surface area contributed by atoms with Crippen molar-refractivity contribution in [2.75, 3.05) is 4.90 Å². The van der Waals surface area contributed by atoms with E-state index in [4.69, 9.17) is 0 Å². The van der Waals surface area contributed by atoms with Crippen molar-refractivity contribution in [3.63, 3.8) is 0 Å². The lowest BCUT2D eigenvalue weighted by Gasteiger charge is -2.36. The molecule has 0 amide bonds. The molecule has 0 spiro atoms. The second-order valence-electron chi connectivity index (χ2n) is 16.0. The number of hydrogen-bond donors (Lipinski definition) is 0. The molecule has 0 unspecified atom stereocenters. The van der Waals surface area contributed by atoms with Crippen LogP contribution in [0.4, 0.5) is 17.1 Å². The van der Waals surface area contributed by atoms with E-state index in [-0.39, 0.29) is 0 Å². The van der Waals surface area contributed by atoms with Crippen molar-refractivity contribution in [3.05, 3.63) is 234 Å². The number of fused-ring (bicyclic) bond motifs is 1. The summed E-state index contributed by atoms with van der Waals surface area (Å²) in [5, 5.41) is 1.48. The van der Waals surface area contributed by atoms with Crippen LogP contribution < -0.4 is 10.1 Å². The highest BCUT2D eigenvalue weighted by molar-refractivity contribution is 6.88. The number of anilines is 3. The Kier molecular flexibility index (Phi) is 9.93. The van der Waals surface area contributed by atoms with E-state index in [1.165, 1.54) is 60.8 Å². The van der Waals surface area contributed by atoms with Crippen LogP contribution >= 0.6 is 0 Å². The van der Waals surface area contributed by atoms with Gasteiger partial charge in [0.05, 0.1) is 19.2 Å². The van der Waals surface area contributed by atoms with Gasteiger partial charge in [0.1, 0.15) is 0 Å². The first-order valence-corrected chi connectivity index (χ1v) is 23.1. The molecule has 0 saturated heterocycles. The van der Waals surface area contributed by atoms with E-state index in [1.54, 1.807) is 0 Å². The Hall–Kier alpha value is -6.22. The predicted octanol–water partition coefficient (Wildman–Crippen LogP) is 14.3. The van der Waals surface area contributed by atoms with Crippen molar-refractivity contribution in [2.45, 2.75) is 38.9 Å². The summed E-state index contributed by atoms with van der Waals surface area (Å²) in [7, 11) is -1.39. The maximum Gasteiger partial charge on any atom is 0.0775 e. The zero-order chi connectivity index (χ0) is 38.9. The molecule has 0 saturated carbocycles. The lowest BCUT2D eigenvalue weighted by Crippen LogP contribution is -2.37. The summed E-state index contributed by atoms with van der Waals surface area (Å²) in [5.74, 6) is 0. The van der Waals surface area contributed by atoms with E-state index in [0.29, 0.717) is 0 Å². The third kappa shape index (κ3) is 6.71. The number of rotatable bonds is 10. The first-order valence-electron chi connectivity index (χ1n) is 19.6. The van der Waals surface area contributed by atoms with Crippen LogP contribution in [0.2, 0.25) is 19.6 Å². The van der Waals surface area contributed by atoms with E-state index in [9.17, 15) is 0 Å². The molecule has 0 N–H and O–H groups in total. The second kappa shape index (κ2) is 15.1. The lowest BCUT2D eigenvalue weighted by molar-refractivity contribution is 0.761. The first-order chi connectivity index (χ1) is 27.2. The molecule has 1 nitrogen and oxygen atoms in total. The third-order valence-corrected chi connectivity index (χ3v) is 13.3. The van der Waals surface area contributed by atoms with E-state index >= 15 is 0 Å². The molecular formula is C54H49NSi. The van der Waals surface area contributed by atoms with Crippen molar-refractivity contribution in [1.82, 2.24) is 0 Å². The van der Waals surface area contributed by atoms with Crippen molar-refractivity contribution in [2.24, 2.45) is 0 Å². The van der Waals surface area contributed by atoms with Gasteiger partial charge in [0, 0.05) is 16.9 Å². The van der Waals surface area contributed by atoms with Gasteiger partial charge in [-0.1, -0.05) is 201 Å². The zero-order valence-electron chi connectivity index (χ0n) is 33.1. The SMILES string of the molecule is C=C(C)C=CC1=C(C)c2ccc(N(c3ccc(-c4ccc([Si](C)(C)C)cc4)cc3)c3ccccc3-c3ccccc3)cc2C1(c1ccccc1)c1ccccc1. The Morgan fingerprint density at radius 1 is 0.554 bits per heavy atom. The minimum absolute atomic E-state index is 0.541. The highest BCUT2D eigenvalue weighted by Gasteiger charge is 2.46. The molecule has 0 radical (unpaired) electrons. The molecule has 1 aliphatic carbocycles. The number of benzene rings is 7. The van der Waals surface area contributed by atoms with Gasteiger partial charge in [-0.25, -0.2) is 0 Å². The molecule has 0 aromatic heterocycles. The number of allylic oxidation sites excluding steroid dienone is 5. The van der Waals surface area contributed by atoms with Gasteiger partial charge in [-0.05, 0) is 94.3 Å². The van der Waals surface area contributed by atoms with Crippen molar-refractivity contribution in [1.29, 1.82) is 0 Å². The van der Waals surface area contributed by atoms with Gasteiger partial charge in [-0.15, -0.1) is 0 Å². The fourth-order valence-electron chi connectivity index (χ4n) is 8.44. The summed E-state index contributed by atoms with van der Waals surface area (Å²) in [6.07, 6.45) is 4.46. The summed E-state index contributed by atoms with van der Waals surface area (Å²) in [5.41, 5.74) is 16.2. The molecule has 56 heavy (non-hydrogen) atoms. The summed E-state index contributed by atoms with van der Waals surface area (Å²) in [4.78, 5) is 2.44. The summed E-state index contributed by atoms with van der Waals surface area (Å²) >= 11 is 0. The van der Waals surface area contributed by atoms with E-state index in [2.05, 4.69) is 239 Å². The Morgan fingerprint density at radius 2 is 1.07 bits per heavy atom. The molecular weight excluding hydrogens is 691 g/mol. The van der Waals surface area contributed by atoms with Crippen LogP contribution in [0.3, 0.4) is 0 Å². The highest BCUT2D eigenvalue weighted by atomic mass is 28.3. The van der Waals surface area contributed by atoms with Gasteiger partial charge >= 0.3 is 0 Å². The first kappa shape index (κ1) is 36.7. The van der Waals surface area contributed by atoms with Crippen LogP contribution in [0.5, 0.6) is 0 Å². The van der Waals surface area contributed by atoms with Crippen molar-refractivity contribution < 1.29 is 0 Å². The topological polar surface area (TPSA) is 3.24 Å². The van der Waals surface area contributed by atoms with E-state index < -0.39 is 13.5 Å². The van der Waals surface area contributed by atoms with Gasteiger partial charge < -0.3 is 4.90 Å². The van der Waals surface area contributed by atoms with Gasteiger partial charge in [0.15, 0.2) is 0 Å². The van der Waals surface area contributed by atoms with Gasteiger partial charge in [0.25, 0.3) is 0 Å². The Labute approximate surface area is 334 Å². The lowest BCUT2D eigenvalue weighted by atomic mass is 9.66. The van der Waals surface area contributed by atoms with Gasteiger partial charge in [-0.3, -0.25) is 0 Å². The fourth-order valence-corrected chi connectivity index (χ4v) is 9.61. The number of hydrogen-bond acceptors (Lipinski definition) is 1. The summed E-state index contributed by atoms with van der Waals surface area (Å²) < 4.78 is 0. The van der Waals surface area contributed by atoms with Gasteiger partial charge in [0.2, 0.25) is 0 Å². The predicted molar refractivity (Wildman–Crippen MR) is 244 cm³/mol. The minimum atomic E-state index is -1.39. The van der Waals surface area contributed by atoms with Crippen LogP contribution in [0.15, 0.2) is 212 Å². The summed E-state index contributed by atoms with van der Waals surface area (Å²) in [6, 6.07) is 67.0.